The van der Waals surface area contributed by atoms with Crippen molar-refractivity contribution in [1.29, 1.82) is 0 Å². The highest BCUT2D eigenvalue weighted by Crippen LogP contribution is 2.38. The van der Waals surface area contributed by atoms with E-state index in [1.165, 1.54) is 25.1 Å². The van der Waals surface area contributed by atoms with Crippen molar-refractivity contribution in [2.75, 3.05) is 0 Å². The van der Waals surface area contributed by atoms with Gasteiger partial charge in [-0.3, -0.25) is 14.6 Å². The number of Topliss-reactive ketones (excluding diaryl/α,β-unsaturated/α-hetero) is 1. The molecule has 2 N–H and O–H groups in total. The fourth-order valence-electron chi connectivity index (χ4n) is 0.975. The third kappa shape index (κ3) is 3.64. The lowest BCUT2D eigenvalue weighted by Gasteiger charge is -2.07. The van der Waals surface area contributed by atoms with E-state index in [0.717, 1.165) is 0 Å². The summed E-state index contributed by atoms with van der Waals surface area (Å²) in [4.78, 5) is 28.0. The molecule has 0 saturated heterocycles. The summed E-state index contributed by atoms with van der Waals surface area (Å²) >= 11 is 5.70. The molecule has 0 spiro atoms. The van der Waals surface area contributed by atoms with Gasteiger partial charge in [-0.1, -0.05) is 11.6 Å². The SMILES string of the molecule is CC(=O)c1ccc(OP(=O)(O)O)cc1Cl. The highest BCUT2D eigenvalue weighted by molar-refractivity contribution is 7.46. The molecule has 0 saturated carbocycles. The van der Waals surface area contributed by atoms with E-state index in [9.17, 15) is 9.36 Å². The van der Waals surface area contributed by atoms with Crippen molar-refractivity contribution in [2.24, 2.45) is 0 Å². The van der Waals surface area contributed by atoms with Gasteiger partial charge in [0.2, 0.25) is 0 Å². The molecule has 0 aliphatic carbocycles. The lowest BCUT2D eigenvalue weighted by Crippen LogP contribution is -1.95. The van der Waals surface area contributed by atoms with Gasteiger partial charge in [0.25, 0.3) is 0 Å². The highest BCUT2D eigenvalue weighted by atomic mass is 35.5. The van der Waals surface area contributed by atoms with Crippen molar-refractivity contribution in [3.63, 3.8) is 0 Å². The Morgan fingerprint density at radius 3 is 2.47 bits per heavy atom. The van der Waals surface area contributed by atoms with E-state index in [1.807, 2.05) is 0 Å². The zero-order valence-corrected chi connectivity index (χ0v) is 9.33. The van der Waals surface area contributed by atoms with Crippen LogP contribution in [-0.2, 0) is 4.57 Å². The largest absolute Gasteiger partial charge is 0.524 e. The molecule has 5 nitrogen and oxygen atoms in total. The lowest BCUT2D eigenvalue weighted by molar-refractivity contribution is 0.101. The van der Waals surface area contributed by atoms with Gasteiger partial charge in [-0.25, -0.2) is 4.57 Å². The van der Waals surface area contributed by atoms with Crippen molar-refractivity contribution in [3.05, 3.63) is 28.8 Å². The van der Waals surface area contributed by atoms with E-state index in [-0.39, 0.29) is 22.1 Å². The summed E-state index contributed by atoms with van der Waals surface area (Å²) in [5.41, 5.74) is 0.273. The van der Waals surface area contributed by atoms with Gasteiger partial charge in [0.05, 0.1) is 5.02 Å². The Morgan fingerprint density at radius 2 is 2.07 bits per heavy atom. The molecule has 0 fully saturated rings. The minimum Gasteiger partial charge on any atom is -0.404 e. The van der Waals surface area contributed by atoms with Crippen LogP contribution >= 0.6 is 19.4 Å². The van der Waals surface area contributed by atoms with E-state index >= 15 is 0 Å². The first kappa shape index (κ1) is 12.2. The van der Waals surface area contributed by atoms with Crippen molar-refractivity contribution < 1.29 is 23.7 Å². The molecule has 0 aromatic heterocycles. The van der Waals surface area contributed by atoms with Gasteiger partial charge in [0.15, 0.2) is 5.78 Å². The fraction of sp³-hybridized carbons (Fsp3) is 0.125. The van der Waals surface area contributed by atoms with Crippen LogP contribution in [0.3, 0.4) is 0 Å². The topological polar surface area (TPSA) is 83.8 Å². The summed E-state index contributed by atoms with van der Waals surface area (Å²) in [7, 11) is -4.59. The molecule has 0 bridgehead atoms. The summed E-state index contributed by atoms with van der Waals surface area (Å²) in [6.45, 7) is 1.34. The van der Waals surface area contributed by atoms with Crippen LogP contribution in [0.4, 0.5) is 0 Å². The van der Waals surface area contributed by atoms with E-state index in [4.69, 9.17) is 21.4 Å². The summed E-state index contributed by atoms with van der Waals surface area (Å²) in [5.74, 6) is -0.318. The zero-order valence-electron chi connectivity index (χ0n) is 7.68. The first-order valence-corrected chi connectivity index (χ1v) is 5.76. The van der Waals surface area contributed by atoms with Gasteiger partial charge in [0, 0.05) is 11.6 Å². The van der Waals surface area contributed by atoms with Crippen LogP contribution in [0.25, 0.3) is 0 Å². The second-order valence-corrected chi connectivity index (χ2v) is 4.35. The second kappa shape index (κ2) is 4.33. The third-order valence-electron chi connectivity index (χ3n) is 1.54. The number of carbonyl (C=O) groups excluding carboxylic acids is 1. The van der Waals surface area contributed by atoms with Crippen LogP contribution in [0, 0.1) is 0 Å². The maximum atomic E-state index is 11.0. The molecule has 0 heterocycles. The van der Waals surface area contributed by atoms with Gasteiger partial charge in [-0.2, -0.15) is 0 Å². The van der Waals surface area contributed by atoms with Crippen LogP contribution in [0.5, 0.6) is 5.75 Å². The first-order valence-electron chi connectivity index (χ1n) is 3.85. The summed E-state index contributed by atoms with van der Waals surface area (Å²) < 4.78 is 14.8. The van der Waals surface area contributed by atoms with Gasteiger partial charge < -0.3 is 4.52 Å². The maximum Gasteiger partial charge on any atom is 0.524 e. The smallest absolute Gasteiger partial charge is 0.404 e. The number of carbonyl (C=O) groups is 1. The van der Waals surface area contributed by atoms with E-state index in [2.05, 4.69) is 4.52 Å². The molecule has 1 aromatic carbocycles. The van der Waals surface area contributed by atoms with Crippen molar-refractivity contribution >= 4 is 25.2 Å². The predicted molar refractivity (Wildman–Crippen MR) is 54.1 cm³/mol. The second-order valence-electron chi connectivity index (χ2n) is 2.78. The summed E-state index contributed by atoms with van der Waals surface area (Å²) in [5, 5.41) is 0.0912. The van der Waals surface area contributed by atoms with E-state index in [1.54, 1.807) is 0 Å². The number of halogens is 1. The van der Waals surface area contributed by atoms with Crippen LogP contribution in [0.15, 0.2) is 18.2 Å². The van der Waals surface area contributed by atoms with Gasteiger partial charge in [-0.05, 0) is 19.1 Å². The zero-order chi connectivity index (χ0) is 11.6. The molecule has 1 rings (SSSR count). The molecule has 0 atom stereocenters. The minimum atomic E-state index is -4.59. The average Bonchev–Trinajstić information content (AvgIpc) is 1.99. The number of ketones is 1. The molecule has 82 valence electrons. The Morgan fingerprint density at radius 1 is 1.47 bits per heavy atom. The number of benzene rings is 1. The molecular formula is C8H8ClO5P. The molecule has 0 amide bonds. The van der Waals surface area contributed by atoms with Crippen LogP contribution in [0.1, 0.15) is 17.3 Å². The Kier molecular flexibility index (Phi) is 3.52. The van der Waals surface area contributed by atoms with Crippen LogP contribution in [-0.4, -0.2) is 15.6 Å². The Labute approximate surface area is 90.9 Å². The van der Waals surface area contributed by atoms with Crippen molar-refractivity contribution in [2.45, 2.75) is 6.92 Å². The fourth-order valence-corrected chi connectivity index (χ4v) is 1.67. The molecular weight excluding hydrogens is 243 g/mol. The number of hydrogen-bond acceptors (Lipinski definition) is 3. The molecule has 1 aromatic rings. The van der Waals surface area contributed by atoms with Crippen molar-refractivity contribution in [3.8, 4) is 5.75 Å². The van der Waals surface area contributed by atoms with E-state index < -0.39 is 7.82 Å². The van der Waals surface area contributed by atoms with Gasteiger partial charge in [-0.15, -0.1) is 0 Å². The first-order chi connectivity index (χ1) is 6.79. The monoisotopic (exact) mass is 250 g/mol. The lowest BCUT2D eigenvalue weighted by atomic mass is 10.1. The number of phosphoric acid groups is 1. The average molecular weight is 251 g/mol. The third-order valence-corrected chi connectivity index (χ3v) is 2.31. The Bertz CT molecular complexity index is 439. The number of rotatable bonds is 3. The van der Waals surface area contributed by atoms with Gasteiger partial charge >= 0.3 is 7.82 Å². The Balaban J connectivity index is 3.02. The summed E-state index contributed by atoms with van der Waals surface area (Å²) in [6.07, 6.45) is 0. The van der Waals surface area contributed by atoms with E-state index in [0.29, 0.717) is 0 Å². The molecule has 7 heteroatoms. The normalized spacial score (nSPS) is 11.2. The molecule has 0 aliphatic heterocycles. The standard InChI is InChI=1S/C8H8ClO5P/c1-5(10)7-3-2-6(4-8(7)9)14-15(11,12)13/h2-4H,1H3,(H2,11,12,13). The van der Waals surface area contributed by atoms with Crippen molar-refractivity contribution in [1.82, 2.24) is 0 Å². The molecule has 15 heavy (non-hydrogen) atoms. The molecule has 0 unspecified atom stereocenters. The molecule has 0 radical (unpaired) electrons. The number of hydrogen-bond donors (Lipinski definition) is 2. The maximum absolute atomic E-state index is 11.0. The quantitative estimate of drug-likeness (QED) is 0.633. The van der Waals surface area contributed by atoms with Crippen LogP contribution in [0.2, 0.25) is 5.02 Å². The number of phosphoric ester groups is 1. The van der Waals surface area contributed by atoms with Gasteiger partial charge in [0.1, 0.15) is 5.75 Å². The predicted octanol–water partition coefficient (Wildman–Crippen LogP) is 2.01. The Hall–Kier alpha value is -0.870. The minimum absolute atomic E-state index is 0.0849. The van der Waals surface area contributed by atoms with Crippen LogP contribution < -0.4 is 4.52 Å². The highest BCUT2D eigenvalue weighted by Gasteiger charge is 2.17. The molecule has 0 aliphatic rings. The summed E-state index contributed by atoms with van der Waals surface area (Å²) in [6, 6.07) is 3.79.